The van der Waals surface area contributed by atoms with Crippen molar-refractivity contribution < 1.29 is 38.1 Å². The first-order valence-corrected chi connectivity index (χ1v) is 7.20. The Hall–Kier alpha value is -2.69. The monoisotopic (exact) mass is 354 g/mol. The van der Waals surface area contributed by atoms with Gasteiger partial charge in [0, 0.05) is 27.9 Å². The first-order valence-electron chi connectivity index (χ1n) is 7.20. The van der Waals surface area contributed by atoms with E-state index in [9.17, 15) is 24.9 Å². The molecule has 10 heteroatoms. The van der Waals surface area contributed by atoms with Gasteiger partial charge in [-0.05, 0) is 0 Å². The number of methoxy groups -OCH3 is 1. The lowest BCUT2D eigenvalue weighted by atomic mass is 9.74. The van der Waals surface area contributed by atoms with Crippen LogP contribution in [0.25, 0.3) is 0 Å². The van der Waals surface area contributed by atoms with Crippen LogP contribution in [0.1, 0.15) is 20.8 Å². The molecule has 0 aromatic rings. The molecule has 1 aliphatic rings. The number of esters is 3. The SMILES string of the molecule is CO[C@@H]1O[C@@H](COC(C)=O)[C@H](OC(C)=O)C(C#N)(C#N)[C@@H]1OC(C)=O. The van der Waals surface area contributed by atoms with Crippen LogP contribution < -0.4 is 0 Å². The topological polar surface area (TPSA) is 145 Å². The van der Waals surface area contributed by atoms with Crippen molar-refractivity contribution in [2.75, 3.05) is 13.7 Å². The molecule has 1 heterocycles. The molecule has 0 radical (unpaired) electrons. The van der Waals surface area contributed by atoms with E-state index >= 15 is 0 Å². The molecule has 25 heavy (non-hydrogen) atoms. The predicted octanol–water partition coefficient (Wildman–Crippen LogP) is -0.182. The molecule has 1 rings (SSSR count). The molecule has 1 aliphatic heterocycles. The normalized spacial score (nSPS) is 27.3. The summed E-state index contributed by atoms with van der Waals surface area (Å²) in [6, 6.07) is 3.49. The van der Waals surface area contributed by atoms with Crippen molar-refractivity contribution in [1.29, 1.82) is 10.5 Å². The molecule has 0 bridgehead atoms. The second kappa shape index (κ2) is 8.42. The van der Waals surface area contributed by atoms with Crippen molar-refractivity contribution in [2.45, 2.75) is 45.4 Å². The van der Waals surface area contributed by atoms with Crippen LogP contribution in [0.5, 0.6) is 0 Å². The van der Waals surface area contributed by atoms with E-state index in [1.807, 2.05) is 0 Å². The summed E-state index contributed by atoms with van der Waals surface area (Å²) in [5.74, 6) is -2.22. The fourth-order valence-corrected chi connectivity index (χ4v) is 2.44. The zero-order valence-electron chi connectivity index (χ0n) is 14.2. The van der Waals surface area contributed by atoms with E-state index in [2.05, 4.69) is 0 Å². The van der Waals surface area contributed by atoms with E-state index < -0.39 is 54.5 Å². The zero-order valence-corrected chi connectivity index (χ0v) is 14.2. The second-order valence-corrected chi connectivity index (χ2v) is 5.23. The Kier molecular flexibility index (Phi) is 6.86. The average Bonchev–Trinajstić information content (AvgIpc) is 2.53. The first kappa shape index (κ1) is 20.4. The number of carbonyl (C=O) groups is 3. The van der Waals surface area contributed by atoms with E-state index in [4.69, 9.17) is 23.7 Å². The summed E-state index contributed by atoms with van der Waals surface area (Å²) in [7, 11) is 1.22. The standard InChI is InChI=1S/C15H18N2O8/c1-8(18)22-5-11-12(23-9(2)19)15(6-16,7-17)13(24-10(3)20)14(21-4)25-11/h11-14H,5H2,1-4H3/t11-,12-,13+,14+/m0/s1. The molecule has 0 spiro atoms. The molecule has 0 saturated carbocycles. The van der Waals surface area contributed by atoms with Crippen molar-refractivity contribution in [1.82, 2.24) is 0 Å². The highest BCUT2D eigenvalue weighted by molar-refractivity contribution is 5.68. The van der Waals surface area contributed by atoms with Crippen LogP contribution in [0.2, 0.25) is 0 Å². The lowest BCUT2D eigenvalue weighted by Gasteiger charge is -2.45. The molecular weight excluding hydrogens is 336 g/mol. The number of nitriles is 2. The Morgan fingerprint density at radius 3 is 1.92 bits per heavy atom. The number of ether oxygens (including phenoxy) is 5. The van der Waals surface area contributed by atoms with E-state index in [1.165, 1.54) is 7.11 Å². The Morgan fingerprint density at radius 2 is 1.52 bits per heavy atom. The molecule has 0 unspecified atom stereocenters. The number of rotatable bonds is 5. The molecule has 1 fully saturated rings. The van der Waals surface area contributed by atoms with Crippen LogP contribution in [0.3, 0.4) is 0 Å². The molecule has 10 nitrogen and oxygen atoms in total. The van der Waals surface area contributed by atoms with E-state index in [-0.39, 0.29) is 0 Å². The minimum absolute atomic E-state index is 0.398. The summed E-state index contributed by atoms with van der Waals surface area (Å²) in [5, 5.41) is 19.3. The molecule has 0 aromatic heterocycles. The van der Waals surface area contributed by atoms with Gasteiger partial charge in [-0.25, -0.2) is 0 Å². The molecule has 0 N–H and O–H groups in total. The highest BCUT2D eigenvalue weighted by atomic mass is 16.7. The smallest absolute Gasteiger partial charge is 0.303 e. The van der Waals surface area contributed by atoms with Gasteiger partial charge >= 0.3 is 17.9 Å². The van der Waals surface area contributed by atoms with E-state index in [1.54, 1.807) is 12.1 Å². The minimum atomic E-state index is -2.12. The lowest BCUT2D eigenvalue weighted by molar-refractivity contribution is -0.294. The van der Waals surface area contributed by atoms with Gasteiger partial charge in [-0.2, -0.15) is 10.5 Å². The molecular formula is C15H18N2O8. The van der Waals surface area contributed by atoms with Crippen LogP contribution in [0, 0.1) is 28.1 Å². The summed E-state index contributed by atoms with van der Waals surface area (Å²) < 4.78 is 25.6. The Morgan fingerprint density at radius 1 is 1.00 bits per heavy atom. The van der Waals surface area contributed by atoms with Gasteiger partial charge in [0.05, 0.1) is 12.1 Å². The molecule has 1 saturated heterocycles. The summed E-state index contributed by atoms with van der Waals surface area (Å²) in [6.07, 6.45) is -5.45. The van der Waals surface area contributed by atoms with Crippen molar-refractivity contribution in [3.63, 3.8) is 0 Å². The molecule has 0 aliphatic carbocycles. The average molecular weight is 354 g/mol. The summed E-state index contributed by atoms with van der Waals surface area (Å²) in [5.41, 5.74) is -2.12. The van der Waals surface area contributed by atoms with Crippen LogP contribution in [-0.2, 0) is 38.1 Å². The third-order valence-electron chi connectivity index (χ3n) is 3.43. The van der Waals surface area contributed by atoms with Crippen LogP contribution in [-0.4, -0.2) is 56.2 Å². The van der Waals surface area contributed by atoms with Crippen LogP contribution in [0.15, 0.2) is 0 Å². The van der Waals surface area contributed by atoms with Gasteiger partial charge < -0.3 is 23.7 Å². The van der Waals surface area contributed by atoms with Crippen LogP contribution >= 0.6 is 0 Å². The van der Waals surface area contributed by atoms with Gasteiger partial charge in [0.25, 0.3) is 0 Å². The molecule has 4 atom stereocenters. The second-order valence-electron chi connectivity index (χ2n) is 5.23. The lowest BCUT2D eigenvalue weighted by Crippen LogP contribution is -2.64. The molecule has 0 amide bonds. The minimum Gasteiger partial charge on any atom is -0.463 e. The van der Waals surface area contributed by atoms with Gasteiger partial charge in [-0.3, -0.25) is 14.4 Å². The maximum absolute atomic E-state index is 11.5. The Balaban J connectivity index is 3.38. The van der Waals surface area contributed by atoms with E-state index in [0.717, 1.165) is 20.8 Å². The predicted molar refractivity (Wildman–Crippen MR) is 77.1 cm³/mol. The summed E-state index contributed by atoms with van der Waals surface area (Å²) >= 11 is 0. The number of hydrogen-bond donors (Lipinski definition) is 0. The van der Waals surface area contributed by atoms with Crippen LogP contribution in [0.4, 0.5) is 0 Å². The Bertz CT molecular complexity index is 606. The van der Waals surface area contributed by atoms with Crippen molar-refractivity contribution in [3.05, 3.63) is 0 Å². The fourth-order valence-electron chi connectivity index (χ4n) is 2.44. The largest absolute Gasteiger partial charge is 0.463 e. The first-order chi connectivity index (χ1) is 11.7. The highest BCUT2D eigenvalue weighted by Crippen LogP contribution is 2.41. The molecule has 0 aromatic carbocycles. The maximum atomic E-state index is 11.5. The van der Waals surface area contributed by atoms with Gasteiger partial charge in [0.2, 0.25) is 5.41 Å². The van der Waals surface area contributed by atoms with Crippen molar-refractivity contribution in [2.24, 2.45) is 5.41 Å². The quantitative estimate of drug-likeness (QED) is 0.481. The highest BCUT2D eigenvalue weighted by Gasteiger charge is 2.62. The zero-order chi connectivity index (χ0) is 19.2. The third kappa shape index (κ3) is 4.44. The summed E-state index contributed by atoms with van der Waals surface area (Å²) in [6.45, 7) is 2.91. The van der Waals surface area contributed by atoms with E-state index in [0.29, 0.717) is 0 Å². The molecule has 136 valence electrons. The van der Waals surface area contributed by atoms with Gasteiger partial charge in [0.1, 0.15) is 12.7 Å². The van der Waals surface area contributed by atoms with Crippen molar-refractivity contribution in [3.8, 4) is 12.1 Å². The fraction of sp³-hybridized carbons (Fsp3) is 0.667. The number of nitrogens with zero attached hydrogens (tertiary/aromatic N) is 2. The maximum Gasteiger partial charge on any atom is 0.303 e. The van der Waals surface area contributed by atoms with Gasteiger partial charge in [-0.1, -0.05) is 0 Å². The van der Waals surface area contributed by atoms with Gasteiger partial charge in [-0.15, -0.1) is 0 Å². The van der Waals surface area contributed by atoms with Crippen molar-refractivity contribution >= 4 is 17.9 Å². The number of carbonyl (C=O) groups excluding carboxylic acids is 3. The number of hydrogen-bond acceptors (Lipinski definition) is 10. The Labute approximate surface area is 144 Å². The third-order valence-corrected chi connectivity index (χ3v) is 3.43. The van der Waals surface area contributed by atoms with Gasteiger partial charge in [0.15, 0.2) is 18.5 Å². The summed E-state index contributed by atoms with van der Waals surface area (Å²) in [4.78, 5) is 33.9.